The summed E-state index contributed by atoms with van der Waals surface area (Å²) >= 11 is 3.50. The number of para-hydroxylation sites is 1. The van der Waals surface area contributed by atoms with Crippen LogP contribution >= 0.6 is 22.7 Å². The molecule has 5 aromatic heterocycles. The van der Waals surface area contributed by atoms with Crippen molar-refractivity contribution in [3.05, 3.63) is 454 Å². The first kappa shape index (κ1) is 71.9. The molecular weight excluding hydrogens is 1340 g/mol. The number of furan rings is 2. The van der Waals surface area contributed by atoms with Gasteiger partial charge in [0.05, 0.1) is 18.8 Å². The number of hydrogen-bond donors (Lipinski definition) is 0. The summed E-state index contributed by atoms with van der Waals surface area (Å²) < 4.78 is 11.1. The Kier molecular flexibility index (Phi) is 26.0. The molecule has 0 fully saturated rings. The van der Waals surface area contributed by atoms with Crippen molar-refractivity contribution in [3.63, 3.8) is 0 Å². The Labute approximate surface area is 632 Å². The largest absolute Gasteiger partial charge is 0.473 e. The number of rotatable bonds is 2. The second-order valence-electron chi connectivity index (χ2n) is 24.5. The minimum atomic E-state index is 0.699. The molecule has 0 saturated heterocycles. The highest BCUT2D eigenvalue weighted by atomic mass is 32.1. The zero-order valence-corrected chi connectivity index (χ0v) is 60.6. The first-order valence-corrected chi connectivity index (χ1v) is 37.4. The predicted octanol–water partition coefficient (Wildman–Crippen LogP) is 29.0. The van der Waals surface area contributed by atoms with Crippen molar-refractivity contribution in [2.24, 2.45) is 0 Å². The van der Waals surface area contributed by atoms with E-state index in [0.29, 0.717) is 11.6 Å². The molecule has 0 unspecified atom stereocenters. The van der Waals surface area contributed by atoms with Gasteiger partial charge in [0.15, 0.2) is 11.6 Å². The normalized spacial score (nSPS) is 10.7. The van der Waals surface area contributed by atoms with Crippen molar-refractivity contribution in [1.82, 2.24) is 15.0 Å². The number of thiophene rings is 2. The fraction of sp³-hybridized carbons (Fsp3) is 0.0100. The Hall–Kier alpha value is -13.4. The van der Waals surface area contributed by atoms with Crippen LogP contribution in [0.15, 0.2) is 463 Å². The van der Waals surface area contributed by atoms with Crippen LogP contribution in [0, 0.1) is 0 Å². The van der Waals surface area contributed by atoms with E-state index in [4.69, 9.17) is 4.42 Å². The Morgan fingerprint density at radius 3 is 0.972 bits per heavy atom. The second-order valence-corrected chi connectivity index (χ2v) is 26.3. The molecule has 0 saturated carbocycles. The minimum absolute atomic E-state index is 0.699. The Bertz CT molecular complexity index is 5550. The molecule has 0 bridgehead atoms. The number of nitrogens with zero attached hydrogens (tertiary/aromatic N) is 3. The third-order valence-corrected chi connectivity index (χ3v) is 19.0. The lowest BCUT2D eigenvalue weighted by atomic mass is 9.95. The van der Waals surface area contributed by atoms with E-state index in [9.17, 15) is 0 Å². The molecule has 0 radical (unpaired) electrons. The van der Waals surface area contributed by atoms with Crippen LogP contribution in [0.25, 0.3) is 130 Å². The van der Waals surface area contributed by atoms with Gasteiger partial charge in [0.1, 0.15) is 11.9 Å². The lowest BCUT2D eigenvalue weighted by molar-refractivity contribution is 0.567. The molecule has 7 heteroatoms. The second kappa shape index (κ2) is 38.7. The molecule has 107 heavy (non-hydrogen) atoms. The van der Waals surface area contributed by atoms with Crippen LogP contribution in [0.1, 0.15) is 6.42 Å². The topological polar surface area (TPSA) is 65.0 Å². The molecule has 0 spiro atoms. The fourth-order valence-corrected chi connectivity index (χ4v) is 13.5. The van der Waals surface area contributed by atoms with E-state index >= 15 is 0 Å². The average Bonchev–Trinajstić information content (AvgIpc) is 1.36. The highest BCUT2D eigenvalue weighted by Gasteiger charge is 2.08. The molecule has 1 aliphatic carbocycles. The summed E-state index contributed by atoms with van der Waals surface area (Å²) in [5.41, 5.74) is 2.95. The van der Waals surface area contributed by atoms with E-state index in [2.05, 4.69) is 322 Å². The number of hydrogen-bond acceptors (Lipinski definition) is 7. The standard InChI is InChI=1S/C18H12.C15H11N3.2C14H10.C10H8.C8H6O.C8H6S.C5H6.C4H4O.C4H4S/c1-2-8-14-13(7-1)15-9-3-4-11-17(15)18-12-6-5-10-16(14)18;1-3-7-12(8-4-1)14-16-11-17-15(18-14)13-9-5-2-6-10-13;1-3-7-13-11(5-1)9-10-12-6-2-4-8-14(12)13;1-2-6-12-10-14-8-4-3-7-13(14)9-11(12)5-1;1-2-6-10-8-4-3-7-9(10)5-1;2*1-2-4-8-7(3-1)5-6-9-8;3*1-2-4-5-3-1/h1-12H;1-11H;2*1-10H;1-8H;2*1-6H;1-4H,5H2;2*1-4H. The van der Waals surface area contributed by atoms with Gasteiger partial charge in [-0.15, -0.1) is 11.3 Å². The maximum atomic E-state index is 5.12. The third-order valence-electron chi connectivity index (χ3n) is 17.4. The summed E-state index contributed by atoms with van der Waals surface area (Å²) in [5.74, 6) is 1.40. The first-order valence-electron chi connectivity index (χ1n) is 35.5. The van der Waals surface area contributed by atoms with E-state index < -0.39 is 0 Å². The molecule has 5 nitrogen and oxygen atoms in total. The van der Waals surface area contributed by atoms with Gasteiger partial charge in [0, 0.05) is 21.2 Å². The maximum Gasteiger partial charge on any atom is 0.163 e. The minimum Gasteiger partial charge on any atom is -0.473 e. The molecule has 0 aliphatic heterocycles. The molecular formula is C100H77N3O2S2. The van der Waals surface area contributed by atoms with Crippen LogP contribution in [-0.4, -0.2) is 15.0 Å². The van der Waals surface area contributed by atoms with Crippen LogP contribution in [0.4, 0.5) is 0 Å². The van der Waals surface area contributed by atoms with Crippen LogP contribution < -0.4 is 0 Å². The Morgan fingerprint density at radius 1 is 0.252 bits per heavy atom. The van der Waals surface area contributed by atoms with E-state index in [1.54, 1.807) is 47.8 Å². The van der Waals surface area contributed by atoms with Crippen LogP contribution in [0.5, 0.6) is 0 Å². The number of benzene rings is 16. The van der Waals surface area contributed by atoms with Crippen molar-refractivity contribution in [3.8, 4) is 22.8 Å². The van der Waals surface area contributed by atoms with E-state index in [0.717, 1.165) is 28.5 Å². The van der Waals surface area contributed by atoms with Gasteiger partial charge >= 0.3 is 0 Å². The van der Waals surface area contributed by atoms with Gasteiger partial charge in [-0.1, -0.05) is 364 Å². The fourth-order valence-electron chi connectivity index (χ4n) is 12.2. The highest BCUT2D eigenvalue weighted by molar-refractivity contribution is 7.17. The summed E-state index contributed by atoms with van der Waals surface area (Å²) in [5, 5.41) is 29.9. The average molecular weight is 1420 g/mol. The molecule has 1 aliphatic rings. The van der Waals surface area contributed by atoms with Gasteiger partial charge in [0.25, 0.3) is 0 Å². The molecule has 516 valence electrons. The molecule has 0 N–H and O–H groups in total. The third kappa shape index (κ3) is 20.3. The molecule has 21 aromatic rings. The maximum absolute atomic E-state index is 5.12. The van der Waals surface area contributed by atoms with Crippen molar-refractivity contribution in [1.29, 1.82) is 0 Å². The van der Waals surface area contributed by atoms with Gasteiger partial charge < -0.3 is 8.83 Å². The SMILES string of the molecule is C1=CCC=C1.c1ccc(-c2ncnc(-c3ccccc3)n2)cc1.c1ccc2c(c1)c1ccccc1c1ccccc21.c1ccc2c(c1)ccc1ccccc12.c1ccc2cc3ccccc3cc2c1.c1ccc2ccccc2c1.c1ccc2occc2c1.c1ccc2sccc2c1.c1ccoc1.c1ccsc1. The number of aromatic nitrogens is 3. The van der Waals surface area contributed by atoms with Crippen LogP contribution in [0.2, 0.25) is 0 Å². The van der Waals surface area contributed by atoms with Crippen LogP contribution in [-0.2, 0) is 0 Å². The summed E-state index contributed by atoms with van der Waals surface area (Å²) in [6.07, 6.45) is 16.0. The van der Waals surface area contributed by atoms with E-state index in [-0.39, 0.29) is 0 Å². The molecule has 0 atom stereocenters. The van der Waals surface area contributed by atoms with Gasteiger partial charge in [-0.25, -0.2) is 15.0 Å². The summed E-state index contributed by atoms with van der Waals surface area (Å²) in [7, 11) is 0. The predicted molar refractivity (Wildman–Crippen MR) is 460 cm³/mol. The Morgan fingerprint density at radius 2 is 0.607 bits per heavy atom. The zero-order valence-electron chi connectivity index (χ0n) is 59.0. The summed E-state index contributed by atoms with van der Waals surface area (Å²) in [6.45, 7) is 0. The first-order chi connectivity index (χ1) is 53.2. The highest BCUT2D eigenvalue weighted by Crippen LogP contribution is 2.35. The Balaban J connectivity index is 0.000000108. The van der Waals surface area contributed by atoms with Crippen molar-refractivity contribution in [2.45, 2.75) is 6.42 Å². The number of fused-ring (bicyclic) bond motifs is 14. The van der Waals surface area contributed by atoms with E-state index in [1.807, 2.05) is 126 Å². The lowest BCUT2D eigenvalue weighted by Gasteiger charge is -2.09. The lowest BCUT2D eigenvalue weighted by Crippen LogP contribution is -1.94. The molecule has 16 aromatic carbocycles. The molecule has 5 heterocycles. The van der Waals surface area contributed by atoms with Gasteiger partial charge in [-0.05, 0) is 163 Å². The van der Waals surface area contributed by atoms with Crippen LogP contribution in [0.3, 0.4) is 0 Å². The van der Waals surface area contributed by atoms with Gasteiger partial charge in [-0.3, -0.25) is 0 Å². The van der Waals surface area contributed by atoms with Crippen molar-refractivity contribution in [2.75, 3.05) is 0 Å². The molecule has 0 amide bonds. The number of allylic oxidation sites excluding steroid dienone is 4. The monoisotopic (exact) mass is 1420 g/mol. The summed E-state index contributed by atoms with van der Waals surface area (Å²) in [6, 6.07) is 133. The van der Waals surface area contributed by atoms with Crippen molar-refractivity contribution < 1.29 is 8.83 Å². The summed E-state index contributed by atoms with van der Waals surface area (Å²) in [4.78, 5) is 12.9. The van der Waals surface area contributed by atoms with Gasteiger partial charge in [0.2, 0.25) is 0 Å². The smallest absolute Gasteiger partial charge is 0.163 e. The quantitative estimate of drug-likeness (QED) is 0.127. The molecule has 22 rings (SSSR count). The van der Waals surface area contributed by atoms with E-state index in [1.165, 1.54) is 96.3 Å². The zero-order chi connectivity index (χ0) is 72.5. The van der Waals surface area contributed by atoms with Gasteiger partial charge in [-0.2, -0.15) is 11.3 Å². The van der Waals surface area contributed by atoms with Crippen molar-refractivity contribution >= 4 is 130 Å².